The lowest BCUT2D eigenvalue weighted by atomic mass is 10.3. The van der Waals surface area contributed by atoms with Gasteiger partial charge >= 0.3 is 0 Å². The molecule has 3 aromatic heterocycles. The highest BCUT2D eigenvalue weighted by molar-refractivity contribution is 5.95. The van der Waals surface area contributed by atoms with Gasteiger partial charge in [0.1, 0.15) is 5.56 Å². The zero-order valence-corrected chi connectivity index (χ0v) is 12.2. The fourth-order valence-corrected chi connectivity index (χ4v) is 1.80. The number of nitrogens with zero attached hydrogens (tertiary/aromatic N) is 6. The predicted octanol–water partition coefficient (Wildman–Crippen LogP) is 0.396. The second kappa shape index (κ2) is 6.18. The Bertz CT molecular complexity index is 816. The van der Waals surface area contributed by atoms with Crippen LogP contribution in [0.4, 0.5) is 0 Å². The largest absolute Gasteiger partial charge is 0.493 e. The number of aryl methyl sites for hydroxylation is 1. The average molecular weight is 311 g/mol. The predicted molar refractivity (Wildman–Crippen MR) is 78.8 cm³/mol. The zero-order valence-electron chi connectivity index (χ0n) is 12.2. The summed E-state index contributed by atoms with van der Waals surface area (Å²) in [6.45, 7) is 2.01. The number of nitrogens with one attached hydrogen (secondary N) is 1. The Morgan fingerprint density at radius 1 is 1.26 bits per heavy atom. The number of hydrogen-bond donors (Lipinski definition) is 2. The monoisotopic (exact) mass is 311 g/mol. The summed E-state index contributed by atoms with van der Waals surface area (Å²) in [5.41, 5.74) is 1.37. The highest BCUT2D eigenvalue weighted by Crippen LogP contribution is 2.14. The van der Waals surface area contributed by atoms with Crippen LogP contribution in [-0.4, -0.2) is 40.7 Å². The maximum absolute atomic E-state index is 12.1. The van der Waals surface area contributed by atoms with Crippen LogP contribution in [0.3, 0.4) is 0 Å². The first-order chi connectivity index (χ1) is 11.1. The van der Waals surface area contributed by atoms with Crippen molar-refractivity contribution in [2.75, 3.05) is 0 Å². The third-order valence-electron chi connectivity index (χ3n) is 2.97. The third-order valence-corrected chi connectivity index (χ3v) is 2.97. The number of aromatic hydroxyl groups is 1. The standard InChI is InChI=1S/C14H13N7O2/c1-9-5-16-10(6-15-9)7-17-12(22)11-8-18-14(20-13(11)23)21-4-2-3-19-21/h2-6,8H,7H2,1H3,(H,17,22)(H,18,20,23). The van der Waals surface area contributed by atoms with Crippen LogP contribution in [0.2, 0.25) is 0 Å². The average Bonchev–Trinajstić information content (AvgIpc) is 3.08. The first-order valence-electron chi connectivity index (χ1n) is 6.75. The van der Waals surface area contributed by atoms with Gasteiger partial charge in [-0.2, -0.15) is 10.1 Å². The fraction of sp³-hybridized carbons (Fsp3) is 0.143. The van der Waals surface area contributed by atoms with Crippen molar-refractivity contribution >= 4 is 5.91 Å². The van der Waals surface area contributed by atoms with Crippen LogP contribution in [0.5, 0.6) is 5.88 Å². The number of carbonyl (C=O) groups excluding carboxylic acids is 1. The van der Waals surface area contributed by atoms with E-state index in [-0.39, 0.29) is 18.1 Å². The van der Waals surface area contributed by atoms with Crippen LogP contribution in [0.15, 0.2) is 37.1 Å². The van der Waals surface area contributed by atoms with Gasteiger partial charge in [0, 0.05) is 24.8 Å². The number of rotatable bonds is 4. The molecule has 0 radical (unpaired) electrons. The summed E-state index contributed by atoms with van der Waals surface area (Å²) in [7, 11) is 0. The van der Waals surface area contributed by atoms with E-state index >= 15 is 0 Å². The van der Waals surface area contributed by atoms with Gasteiger partial charge in [-0.25, -0.2) is 9.67 Å². The molecule has 0 aliphatic carbocycles. The van der Waals surface area contributed by atoms with Gasteiger partial charge in [-0.3, -0.25) is 14.8 Å². The molecule has 0 aromatic carbocycles. The van der Waals surface area contributed by atoms with E-state index < -0.39 is 11.8 Å². The molecule has 0 saturated carbocycles. The molecule has 0 aliphatic heterocycles. The van der Waals surface area contributed by atoms with Gasteiger partial charge in [0.15, 0.2) is 0 Å². The second-order valence-electron chi connectivity index (χ2n) is 4.69. The molecule has 2 N–H and O–H groups in total. The Labute approximate surface area is 131 Å². The topological polar surface area (TPSA) is 119 Å². The lowest BCUT2D eigenvalue weighted by Crippen LogP contribution is -2.24. The number of carbonyl (C=O) groups is 1. The van der Waals surface area contributed by atoms with Crippen molar-refractivity contribution in [2.24, 2.45) is 0 Å². The van der Waals surface area contributed by atoms with Gasteiger partial charge in [-0.15, -0.1) is 0 Å². The van der Waals surface area contributed by atoms with E-state index in [1.807, 2.05) is 6.92 Å². The van der Waals surface area contributed by atoms with E-state index in [0.717, 1.165) is 5.69 Å². The van der Waals surface area contributed by atoms with E-state index in [9.17, 15) is 9.90 Å². The van der Waals surface area contributed by atoms with Gasteiger partial charge in [-0.1, -0.05) is 0 Å². The summed E-state index contributed by atoms with van der Waals surface area (Å²) in [4.78, 5) is 28.2. The lowest BCUT2D eigenvalue weighted by molar-refractivity contribution is 0.0946. The molecule has 0 saturated heterocycles. The number of amides is 1. The molecule has 116 valence electrons. The van der Waals surface area contributed by atoms with E-state index in [1.54, 1.807) is 30.9 Å². The van der Waals surface area contributed by atoms with E-state index in [2.05, 4.69) is 30.4 Å². The van der Waals surface area contributed by atoms with E-state index in [4.69, 9.17) is 0 Å². The molecule has 0 aliphatic rings. The van der Waals surface area contributed by atoms with Crippen LogP contribution in [0.25, 0.3) is 5.95 Å². The summed E-state index contributed by atoms with van der Waals surface area (Å²) in [6.07, 6.45) is 7.62. The molecule has 1 amide bonds. The molecule has 23 heavy (non-hydrogen) atoms. The SMILES string of the molecule is Cc1cnc(CNC(=O)c2cnc(-n3cccn3)nc2O)cn1. The first kappa shape index (κ1) is 14.6. The Kier molecular flexibility index (Phi) is 3.91. The molecular formula is C14H13N7O2. The molecule has 0 spiro atoms. The van der Waals surface area contributed by atoms with Crippen LogP contribution >= 0.6 is 0 Å². The van der Waals surface area contributed by atoms with Crippen LogP contribution in [0.1, 0.15) is 21.7 Å². The van der Waals surface area contributed by atoms with Crippen molar-refractivity contribution in [3.05, 3.63) is 54.0 Å². The van der Waals surface area contributed by atoms with Crippen molar-refractivity contribution in [1.29, 1.82) is 0 Å². The Morgan fingerprint density at radius 3 is 2.78 bits per heavy atom. The molecule has 9 heteroatoms. The molecule has 0 unspecified atom stereocenters. The minimum atomic E-state index is -0.503. The second-order valence-corrected chi connectivity index (χ2v) is 4.69. The van der Waals surface area contributed by atoms with Gasteiger partial charge in [0.25, 0.3) is 11.9 Å². The smallest absolute Gasteiger partial charge is 0.258 e. The molecule has 9 nitrogen and oxygen atoms in total. The molecule has 0 atom stereocenters. The number of aromatic nitrogens is 6. The molecule has 0 bridgehead atoms. The summed E-state index contributed by atoms with van der Waals surface area (Å²) < 4.78 is 1.38. The maximum atomic E-state index is 12.1. The van der Waals surface area contributed by atoms with Gasteiger partial charge in [-0.05, 0) is 13.0 Å². The summed E-state index contributed by atoms with van der Waals surface area (Å²) in [6, 6.07) is 1.70. The Hall–Kier alpha value is -3.36. The molecule has 3 heterocycles. The minimum Gasteiger partial charge on any atom is -0.493 e. The van der Waals surface area contributed by atoms with Crippen molar-refractivity contribution in [3.63, 3.8) is 0 Å². The summed E-state index contributed by atoms with van der Waals surface area (Å²) in [5.74, 6) is -0.747. The minimum absolute atomic E-state index is 0.0269. The quantitative estimate of drug-likeness (QED) is 0.715. The summed E-state index contributed by atoms with van der Waals surface area (Å²) >= 11 is 0. The van der Waals surface area contributed by atoms with Gasteiger partial charge < -0.3 is 10.4 Å². The molecular weight excluding hydrogens is 298 g/mol. The highest BCUT2D eigenvalue weighted by atomic mass is 16.3. The first-order valence-corrected chi connectivity index (χ1v) is 6.75. The van der Waals surface area contributed by atoms with Gasteiger partial charge in [0.2, 0.25) is 5.88 Å². The van der Waals surface area contributed by atoms with Crippen molar-refractivity contribution < 1.29 is 9.90 Å². The van der Waals surface area contributed by atoms with Gasteiger partial charge in [0.05, 0.1) is 24.1 Å². The van der Waals surface area contributed by atoms with Crippen LogP contribution in [-0.2, 0) is 6.54 Å². The van der Waals surface area contributed by atoms with Crippen LogP contribution < -0.4 is 5.32 Å². The van der Waals surface area contributed by atoms with Crippen LogP contribution in [0, 0.1) is 6.92 Å². The Morgan fingerprint density at radius 2 is 2.13 bits per heavy atom. The van der Waals surface area contributed by atoms with Crippen molar-refractivity contribution in [2.45, 2.75) is 13.5 Å². The fourth-order valence-electron chi connectivity index (χ4n) is 1.80. The zero-order chi connectivity index (χ0) is 16.2. The Balaban J connectivity index is 1.71. The van der Waals surface area contributed by atoms with E-state index in [1.165, 1.54) is 10.9 Å². The molecule has 3 aromatic rings. The highest BCUT2D eigenvalue weighted by Gasteiger charge is 2.15. The van der Waals surface area contributed by atoms with E-state index in [0.29, 0.717) is 5.69 Å². The normalized spacial score (nSPS) is 10.5. The molecule has 3 rings (SSSR count). The third kappa shape index (κ3) is 3.28. The van der Waals surface area contributed by atoms with Crippen molar-refractivity contribution in [1.82, 2.24) is 35.0 Å². The maximum Gasteiger partial charge on any atom is 0.258 e. The summed E-state index contributed by atoms with van der Waals surface area (Å²) in [5, 5.41) is 16.5. The number of hydrogen-bond acceptors (Lipinski definition) is 7. The van der Waals surface area contributed by atoms with Crippen molar-refractivity contribution in [3.8, 4) is 11.8 Å². The molecule has 0 fully saturated rings. The lowest BCUT2D eigenvalue weighted by Gasteiger charge is -2.07.